The van der Waals surface area contributed by atoms with Gasteiger partial charge in [-0.25, -0.2) is 13.6 Å². The number of Topliss-reactive ketones (excluding diaryl/α,β-unsaturated/α-hetero) is 1. The first-order valence-electron chi connectivity index (χ1n) is 5.26. The molecule has 0 saturated heterocycles. The van der Waals surface area contributed by atoms with Gasteiger partial charge in [-0.05, 0) is 11.6 Å². The second-order valence-corrected chi connectivity index (χ2v) is 4.41. The zero-order valence-corrected chi connectivity index (χ0v) is 11.2. The van der Waals surface area contributed by atoms with E-state index in [0.29, 0.717) is 5.56 Å². The number of ketones is 1. The van der Waals surface area contributed by atoms with Crippen LogP contribution in [0, 0.1) is 0 Å². The first-order chi connectivity index (χ1) is 8.86. The summed E-state index contributed by atoms with van der Waals surface area (Å²) in [5.74, 6) is -1.79. The van der Waals surface area contributed by atoms with Crippen molar-refractivity contribution in [3.05, 3.63) is 34.9 Å². The highest BCUT2D eigenvalue weighted by atomic mass is 79.9. The van der Waals surface area contributed by atoms with Crippen molar-refractivity contribution in [2.75, 3.05) is 5.33 Å². The number of rotatable bonds is 6. The zero-order chi connectivity index (χ0) is 14.6. The van der Waals surface area contributed by atoms with Gasteiger partial charge in [-0.2, -0.15) is 0 Å². The van der Waals surface area contributed by atoms with Crippen LogP contribution in [0.3, 0.4) is 0 Å². The van der Waals surface area contributed by atoms with Crippen LogP contribution in [0.1, 0.15) is 29.2 Å². The lowest BCUT2D eigenvalue weighted by atomic mass is 9.98. The molecule has 1 rings (SSSR count). The molecule has 0 aliphatic heterocycles. The minimum absolute atomic E-state index is 0.0333. The quantitative estimate of drug-likeness (QED) is 0.781. The van der Waals surface area contributed by atoms with Crippen molar-refractivity contribution in [2.45, 2.75) is 19.0 Å². The van der Waals surface area contributed by atoms with Crippen LogP contribution < -0.4 is 0 Å². The number of carboxylic acids is 1. The number of aliphatic hydroxyl groups is 1. The Morgan fingerprint density at radius 1 is 1.26 bits per heavy atom. The summed E-state index contributed by atoms with van der Waals surface area (Å²) in [5.41, 5.74) is -0.589. The van der Waals surface area contributed by atoms with Crippen molar-refractivity contribution >= 4 is 27.7 Å². The third-order valence-corrected chi connectivity index (χ3v) is 3.09. The van der Waals surface area contributed by atoms with Crippen molar-refractivity contribution in [3.8, 4) is 0 Å². The van der Waals surface area contributed by atoms with Gasteiger partial charge in [0.2, 0.25) is 0 Å². The molecule has 2 N–H and O–H groups in total. The van der Waals surface area contributed by atoms with Crippen LogP contribution in [0.15, 0.2) is 18.2 Å². The topological polar surface area (TPSA) is 74.6 Å². The molecule has 0 aliphatic rings. The SMILES string of the molecule is O=C(CBr)Cc1ccc(C(O)C(=O)O)c(C(F)F)c1. The van der Waals surface area contributed by atoms with Gasteiger partial charge in [0.1, 0.15) is 5.78 Å². The highest BCUT2D eigenvalue weighted by Gasteiger charge is 2.24. The average Bonchev–Trinajstić information content (AvgIpc) is 2.37. The Hall–Kier alpha value is -1.34. The van der Waals surface area contributed by atoms with Gasteiger partial charge >= 0.3 is 5.97 Å². The van der Waals surface area contributed by atoms with Crippen LogP contribution in [0.25, 0.3) is 0 Å². The molecule has 4 nitrogen and oxygen atoms in total. The lowest BCUT2D eigenvalue weighted by Gasteiger charge is -2.13. The van der Waals surface area contributed by atoms with Gasteiger partial charge in [-0.15, -0.1) is 0 Å². The number of benzene rings is 1. The first kappa shape index (κ1) is 15.7. The molecule has 0 amide bonds. The first-order valence-corrected chi connectivity index (χ1v) is 6.38. The van der Waals surface area contributed by atoms with Gasteiger partial charge in [-0.3, -0.25) is 4.79 Å². The number of alkyl halides is 3. The second kappa shape index (κ2) is 6.72. The van der Waals surface area contributed by atoms with E-state index in [9.17, 15) is 23.5 Å². The summed E-state index contributed by atoms with van der Waals surface area (Å²) in [5, 5.41) is 18.1. The highest BCUT2D eigenvalue weighted by Crippen LogP contribution is 2.29. The maximum Gasteiger partial charge on any atom is 0.337 e. The van der Waals surface area contributed by atoms with Crippen LogP contribution in [0.2, 0.25) is 0 Å². The molecule has 7 heteroatoms. The van der Waals surface area contributed by atoms with E-state index >= 15 is 0 Å². The Morgan fingerprint density at radius 3 is 2.37 bits per heavy atom. The van der Waals surface area contributed by atoms with Crippen molar-refractivity contribution in [3.63, 3.8) is 0 Å². The van der Waals surface area contributed by atoms with Crippen LogP contribution in [-0.2, 0) is 16.0 Å². The Labute approximate surface area is 116 Å². The van der Waals surface area contributed by atoms with Crippen molar-refractivity contribution in [2.24, 2.45) is 0 Å². The van der Waals surface area contributed by atoms with Crippen molar-refractivity contribution in [1.29, 1.82) is 0 Å². The largest absolute Gasteiger partial charge is 0.479 e. The predicted molar refractivity (Wildman–Crippen MR) is 66.5 cm³/mol. The Kier molecular flexibility index (Phi) is 5.56. The molecule has 0 spiro atoms. The number of aliphatic carboxylic acids is 1. The van der Waals surface area contributed by atoms with Gasteiger partial charge in [0.25, 0.3) is 6.43 Å². The van der Waals surface area contributed by atoms with E-state index in [4.69, 9.17) is 5.11 Å². The molecule has 1 unspecified atom stereocenters. The second-order valence-electron chi connectivity index (χ2n) is 3.85. The number of aliphatic hydroxyl groups excluding tert-OH is 1. The lowest BCUT2D eigenvalue weighted by Crippen LogP contribution is -2.14. The summed E-state index contributed by atoms with van der Waals surface area (Å²) in [6, 6.07) is 3.51. The Balaban J connectivity index is 3.15. The fourth-order valence-corrected chi connectivity index (χ4v) is 1.78. The molecule has 1 aromatic carbocycles. The van der Waals surface area contributed by atoms with E-state index in [1.54, 1.807) is 0 Å². The lowest BCUT2D eigenvalue weighted by molar-refractivity contribution is -0.147. The molecule has 104 valence electrons. The fraction of sp³-hybridized carbons (Fsp3) is 0.333. The fourth-order valence-electron chi connectivity index (χ4n) is 1.58. The van der Waals surface area contributed by atoms with Crippen LogP contribution in [-0.4, -0.2) is 27.3 Å². The molecular formula is C12H11BrF2O4. The summed E-state index contributed by atoms with van der Waals surface area (Å²) >= 11 is 2.96. The van der Waals surface area contributed by atoms with E-state index in [1.807, 2.05) is 0 Å². The summed E-state index contributed by atoms with van der Waals surface area (Å²) in [6.07, 6.45) is -4.97. The third-order valence-electron chi connectivity index (χ3n) is 2.47. The Morgan fingerprint density at radius 2 is 1.89 bits per heavy atom. The van der Waals surface area contributed by atoms with E-state index in [2.05, 4.69) is 15.9 Å². The van der Waals surface area contributed by atoms with Gasteiger partial charge < -0.3 is 10.2 Å². The number of halogens is 3. The number of carboxylic acid groups (broad SMARTS) is 1. The average molecular weight is 337 g/mol. The van der Waals surface area contributed by atoms with Crippen molar-refractivity contribution in [1.82, 2.24) is 0 Å². The van der Waals surface area contributed by atoms with E-state index in [-0.39, 0.29) is 23.1 Å². The predicted octanol–water partition coefficient (Wildman–Crippen LogP) is 2.25. The maximum absolute atomic E-state index is 12.9. The van der Waals surface area contributed by atoms with Gasteiger partial charge in [0.15, 0.2) is 6.10 Å². The van der Waals surface area contributed by atoms with Crippen LogP contribution in [0.5, 0.6) is 0 Å². The summed E-state index contributed by atoms with van der Waals surface area (Å²) in [4.78, 5) is 21.8. The molecule has 0 saturated carbocycles. The Bertz CT molecular complexity index is 491. The minimum Gasteiger partial charge on any atom is -0.479 e. The van der Waals surface area contributed by atoms with Gasteiger partial charge in [0, 0.05) is 17.5 Å². The summed E-state index contributed by atoms with van der Waals surface area (Å²) in [7, 11) is 0. The smallest absolute Gasteiger partial charge is 0.337 e. The highest BCUT2D eigenvalue weighted by molar-refractivity contribution is 9.09. The molecule has 0 radical (unpaired) electrons. The minimum atomic E-state index is -2.93. The molecule has 0 aromatic heterocycles. The number of carbonyl (C=O) groups excluding carboxylic acids is 1. The number of hydrogen-bond acceptors (Lipinski definition) is 3. The van der Waals surface area contributed by atoms with Crippen molar-refractivity contribution < 1.29 is 28.6 Å². The maximum atomic E-state index is 12.9. The normalized spacial score (nSPS) is 12.5. The van der Waals surface area contributed by atoms with Gasteiger partial charge in [-0.1, -0.05) is 28.1 Å². The summed E-state index contributed by atoms with van der Waals surface area (Å²) in [6.45, 7) is 0. The monoisotopic (exact) mass is 336 g/mol. The molecule has 1 atom stereocenters. The molecule has 0 bridgehead atoms. The molecular weight excluding hydrogens is 326 g/mol. The third kappa shape index (κ3) is 4.07. The number of carbonyl (C=O) groups is 2. The number of hydrogen-bond donors (Lipinski definition) is 2. The van der Waals surface area contributed by atoms with Crippen LogP contribution in [0.4, 0.5) is 8.78 Å². The molecule has 0 aliphatic carbocycles. The van der Waals surface area contributed by atoms with Gasteiger partial charge in [0.05, 0.1) is 5.33 Å². The van der Waals surface area contributed by atoms with E-state index < -0.39 is 24.1 Å². The molecule has 19 heavy (non-hydrogen) atoms. The van der Waals surface area contributed by atoms with Crippen LogP contribution >= 0.6 is 15.9 Å². The van der Waals surface area contributed by atoms with E-state index in [1.165, 1.54) is 6.07 Å². The van der Waals surface area contributed by atoms with E-state index in [0.717, 1.165) is 12.1 Å². The standard InChI is InChI=1S/C12H11BrF2O4/c13-5-7(16)3-6-1-2-8(10(17)12(18)19)9(4-6)11(14)15/h1-2,4,10-11,17H,3,5H2,(H,18,19). The summed E-state index contributed by atoms with van der Waals surface area (Å²) < 4.78 is 25.7. The molecule has 0 fully saturated rings. The zero-order valence-electron chi connectivity index (χ0n) is 9.65. The molecule has 0 heterocycles. The molecule has 1 aromatic rings.